The van der Waals surface area contributed by atoms with Gasteiger partial charge in [0.2, 0.25) is 0 Å². The first kappa shape index (κ1) is 30.6. The van der Waals surface area contributed by atoms with Gasteiger partial charge in [-0.15, -0.1) is 0 Å². The number of carbonyl (C=O) groups excluding carboxylic acids is 1. The molecule has 5 rings (SSSR count). The third-order valence-electron chi connectivity index (χ3n) is 7.59. The lowest BCUT2D eigenvalue weighted by Gasteiger charge is -2.37. The third-order valence-corrected chi connectivity index (χ3v) is 9.64. The summed E-state index contributed by atoms with van der Waals surface area (Å²) >= 11 is 13.5. The number of rotatable bonds is 11. The lowest BCUT2D eigenvalue weighted by atomic mass is 9.88. The van der Waals surface area contributed by atoms with E-state index in [-0.39, 0.29) is 39.8 Å². The Morgan fingerprint density at radius 3 is 2.64 bits per heavy atom. The summed E-state index contributed by atoms with van der Waals surface area (Å²) in [6.45, 7) is 7.70. The van der Waals surface area contributed by atoms with Gasteiger partial charge in [-0.1, -0.05) is 34.5 Å². The number of aromatic nitrogens is 4. The number of piperidine rings is 1. The number of Topliss-reactive ketones (excluding diaryl/α,β-unsaturated/α-hetero) is 1. The van der Waals surface area contributed by atoms with E-state index in [4.69, 9.17) is 32.7 Å². The number of morpholine rings is 1. The molecule has 15 heteroatoms. The number of thiazole rings is 1. The number of hydrogen-bond acceptors (Lipinski definition) is 11. The SMILES string of the molecule is CO[C@H]1CN(c2nc(-c3cnc(NCCN4CCOCC4)cn3)c(C(=O)O)s2)CC[C@H]1CC(=O)c1[nH]c(C)c(Cl)c1Cl. The van der Waals surface area contributed by atoms with Crippen molar-refractivity contribution in [1.29, 1.82) is 0 Å². The van der Waals surface area contributed by atoms with Gasteiger partial charge >= 0.3 is 5.97 Å². The smallest absolute Gasteiger partial charge is 0.348 e. The lowest BCUT2D eigenvalue weighted by Crippen LogP contribution is -2.45. The molecule has 0 aromatic carbocycles. The predicted octanol–water partition coefficient (Wildman–Crippen LogP) is 4.10. The molecule has 0 bridgehead atoms. The van der Waals surface area contributed by atoms with Gasteiger partial charge in [0.15, 0.2) is 10.9 Å². The summed E-state index contributed by atoms with van der Waals surface area (Å²) in [5, 5.41) is 14.3. The Morgan fingerprint density at radius 1 is 1.21 bits per heavy atom. The molecule has 226 valence electrons. The molecule has 0 aliphatic carbocycles. The van der Waals surface area contributed by atoms with Crippen LogP contribution in [-0.2, 0) is 9.47 Å². The number of methoxy groups -OCH3 is 1. The molecule has 2 aliphatic rings. The first-order valence-electron chi connectivity index (χ1n) is 13.7. The second-order valence-electron chi connectivity index (χ2n) is 10.3. The monoisotopic (exact) mass is 637 g/mol. The number of aromatic amines is 1. The number of hydrogen-bond donors (Lipinski definition) is 3. The molecule has 5 heterocycles. The van der Waals surface area contributed by atoms with Gasteiger partial charge < -0.3 is 29.8 Å². The van der Waals surface area contributed by atoms with Crippen LogP contribution in [0.2, 0.25) is 10.0 Å². The number of carbonyl (C=O) groups is 2. The number of carboxylic acid groups (broad SMARTS) is 1. The number of aromatic carboxylic acids is 1. The second-order valence-corrected chi connectivity index (χ2v) is 12.0. The summed E-state index contributed by atoms with van der Waals surface area (Å²) < 4.78 is 11.1. The lowest BCUT2D eigenvalue weighted by molar-refractivity contribution is 0.0375. The number of H-pyrrole nitrogens is 1. The molecule has 2 saturated heterocycles. The number of nitrogens with one attached hydrogen (secondary N) is 2. The summed E-state index contributed by atoms with van der Waals surface area (Å²) in [4.78, 5) is 46.1. The summed E-state index contributed by atoms with van der Waals surface area (Å²) in [6, 6.07) is 0. The van der Waals surface area contributed by atoms with Crippen molar-refractivity contribution in [3.63, 3.8) is 0 Å². The molecule has 0 spiro atoms. The van der Waals surface area contributed by atoms with E-state index >= 15 is 0 Å². The molecule has 2 atom stereocenters. The van der Waals surface area contributed by atoms with Crippen molar-refractivity contribution in [2.45, 2.75) is 25.9 Å². The molecule has 3 aromatic rings. The highest BCUT2D eigenvalue weighted by atomic mass is 35.5. The van der Waals surface area contributed by atoms with Crippen molar-refractivity contribution in [3.8, 4) is 11.4 Å². The Kier molecular flexibility index (Phi) is 9.96. The average Bonchev–Trinajstić information content (AvgIpc) is 3.56. The number of ether oxygens (including phenoxy) is 2. The van der Waals surface area contributed by atoms with Gasteiger partial charge in [-0.3, -0.25) is 9.69 Å². The largest absolute Gasteiger partial charge is 0.477 e. The molecular formula is C27H33Cl2N7O5S. The van der Waals surface area contributed by atoms with Gasteiger partial charge in [0.05, 0.1) is 41.8 Å². The quantitative estimate of drug-likeness (QED) is 0.261. The normalized spacial score (nSPS) is 19.7. The van der Waals surface area contributed by atoms with Crippen LogP contribution in [0.4, 0.5) is 10.9 Å². The second kappa shape index (κ2) is 13.7. The summed E-state index contributed by atoms with van der Waals surface area (Å²) in [7, 11) is 1.61. The van der Waals surface area contributed by atoms with Crippen LogP contribution < -0.4 is 10.2 Å². The Hall–Kier alpha value is -2.81. The van der Waals surface area contributed by atoms with Crippen LogP contribution in [0.25, 0.3) is 11.4 Å². The molecule has 0 amide bonds. The van der Waals surface area contributed by atoms with E-state index in [1.165, 1.54) is 6.20 Å². The zero-order chi connectivity index (χ0) is 29.8. The zero-order valence-electron chi connectivity index (χ0n) is 23.4. The Morgan fingerprint density at radius 2 is 2.00 bits per heavy atom. The molecule has 12 nitrogen and oxygen atoms in total. The van der Waals surface area contributed by atoms with Gasteiger partial charge in [-0.05, 0) is 19.3 Å². The van der Waals surface area contributed by atoms with Crippen molar-refractivity contribution in [2.24, 2.45) is 5.92 Å². The third kappa shape index (κ3) is 6.87. The standard InChI is InChI=1S/C27H33Cl2N7O5S/c1-15-21(28)22(29)24(33-15)18(37)11-16-3-5-36(14-19(16)40-2)27-34-23(25(42-27)26(38)39)17-12-32-20(13-31-17)30-4-6-35-7-9-41-10-8-35/h12-13,16,19,33H,3-11,14H2,1-2H3,(H,30,32)(H,38,39)/t16-,19-/m0/s1. The van der Waals surface area contributed by atoms with Crippen molar-refractivity contribution in [1.82, 2.24) is 24.8 Å². The van der Waals surface area contributed by atoms with Crippen molar-refractivity contribution >= 4 is 57.2 Å². The molecular weight excluding hydrogens is 605 g/mol. The Balaban J connectivity index is 1.23. The van der Waals surface area contributed by atoms with E-state index < -0.39 is 5.97 Å². The van der Waals surface area contributed by atoms with E-state index in [1.807, 2.05) is 4.90 Å². The Bertz CT molecular complexity index is 1410. The predicted molar refractivity (Wildman–Crippen MR) is 161 cm³/mol. The molecule has 42 heavy (non-hydrogen) atoms. The van der Waals surface area contributed by atoms with Crippen molar-refractivity contribution in [2.75, 3.05) is 69.8 Å². The van der Waals surface area contributed by atoms with Crippen LogP contribution in [0.5, 0.6) is 0 Å². The fourth-order valence-corrected chi connectivity index (χ4v) is 6.60. The van der Waals surface area contributed by atoms with Crippen LogP contribution in [0.1, 0.15) is 38.7 Å². The van der Waals surface area contributed by atoms with Crippen LogP contribution in [0.3, 0.4) is 0 Å². The maximum atomic E-state index is 13.0. The number of carboxylic acids is 1. The van der Waals surface area contributed by atoms with Gasteiger partial charge in [0, 0.05) is 58.5 Å². The zero-order valence-corrected chi connectivity index (χ0v) is 25.7. The van der Waals surface area contributed by atoms with E-state index in [1.54, 1.807) is 20.2 Å². The molecule has 2 fully saturated rings. The summed E-state index contributed by atoms with van der Waals surface area (Å²) in [6.07, 6.45) is 3.76. The van der Waals surface area contributed by atoms with Crippen LogP contribution in [0, 0.1) is 12.8 Å². The van der Waals surface area contributed by atoms with E-state index in [0.717, 1.165) is 44.2 Å². The molecule has 3 aromatic heterocycles. The fraction of sp³-hybridized carbons (Fsp3) is 0.519. The topological polar surface area (TPSA) is 146 Å². The fourth-order valence-electron chi connectivity index (χ4n) is 5.21. The molecule has 0 saturated carbocycles. The first-order chi connectivity index (χ1) is 20.2. The molecule has 0 unspecified atom stereocenters. The maximum absolute atomic E-state index is 13.0. The van der Waals surface area contributed by atoms with E-state index in [2.05, 4.69) is 30.2 Å². The van der Waals surface area contributed by atoms with Crippen LogP contribution in [0.15, 0.2) is 12.4 Å². The minimum absolute atomic E-state index is 0.0512. The highest BCUT2D eigenvalue weighted by Gasteiger charge is 2.34. The highest BCUT2D eigenvalue weighted by molar-refractivity contribution is 7.17. The number of aryl methyl sites for hydroxylation is 1. The summed E-state index contributed by atoms with van der Waals surface area (Å²) in [5.74, 6) is -0.650. The number of ketones is 1. The first-order valence-corrected chi connectivity index (χ1v) is 15.3. The highest BCUT2D eigenvalue weighted by Crippen LogP contribution is 2.36. The van der Waals surface area contributed by atoms with Crippen molar-refractivity contribution < 1.29 is 24.2 Å². The van der Waals surface area contributed by atoms with Gasteiger partial charge in [-0.25, -0.2) is 19.7 Å². The van der Waals surface area contributed by atoms with E-state index in [0.29, 0.717) is 59.1 Å². The Labute approximate surface area is 257 Å². The number of halogens is 2. The minimum atomic E-state index is -1.08. The van der Waals surface area contributed by atoms with Gasteiger partial charge in [0.1, 0.15) is 27.8 Å². The minimum Gasteiger partial charge on any atom is -0.477 e. The maximum Gasteiger partial charge on any atom is 0.348 e. The van der Waals surface area contributed by atoms with Crippen molar-refractivity contribution in [3.05, 3.63) is 38.7 Å². The van der Waals surface area contributed by atoms with E-state index in [9.17, 15) is 14.7 Å². The molecule has 0 radical (unpaired) electrons. The average molecular weight is 639 g/mol. The molecule has 2 aliphatic heterocycles. The molecule has 3 N–H and O–H groups in total. The van der Waals surface area contributed by atoms with Gasteiger partial charge in [-0.2, -0.15) is 0 Å². The summed E-state index contributed by atoms with van der Waals surface area (Å²) in [5.41, 5.74) is 1.62. The van der Waals surface area contributed by atoms with Crippen LogP contribution >= 0.6 is 34.5 Å². The van der Waals surface area contributed by atoms with Gasteiger partial charge in [0.25, 0.3) is 0 Å². The number of nitrogens with zero attached hydrogens (tertiary/aromatic N) is 5. The number of anilines is 2. The van der Waals surface area contributed by atoms with Crippen LogP contribution in [-0.4, -0.2) is 107 Å².